The quantitative estimate of drug-likeness (QED) is 0.842. The van der Waals surface area contributed by atoms with E-state index in [1.165, 1.54) is 0 Å². The van der Waals surface area contributed by atoms with E-state index in [-0.39, 0.29) is 0 Å². The van der Waals surface area contributed by atoms with E-state index in [4.69, 9.17) is 9.47 Å². The number of hydrogen-bond donors (Lipinski definition) is 0. The molecular weight excluding hydrogens is 294 g/mol. The van der Waals surface area contributed by atoms with Crippen LogP contribution in [0.5, 0.6) is 17.4 Å². The molecule has 0 aliphatic rings. The first-order valence-electron chi connectivity index (χ1n) is 5.72. The van der Waals surface area contributed by atoms with Crippen molar-refractivity contribution in [3.05, 3.63) is 46.6 Å². The van der Waals surface area contributed by atoms with Crippen molar-refractivity contribution >= 4 is 15.9 Å². The summed E-state index contributed by atoms with van der Waals surface area (Å²) >= 11 is 3.43. The first-order valence-corrected chi connectivity index (χ1v) is 6.51. The van der Waals surface area contributed by atoms with Crippen LogP contribution in [0.2, 0.25) is 0 Å². The van der Waals surface area contributed by atoms with E-state index in [0.717, 1.165) is 21.5 Å². The van der Waals surface area contributed by atoms with E-state index in [9.17, 15) is 0 Å². The Labute approximate surface area is 115 Å². The maximum atomic E-state index is 5.68. The number of halogens is 1. The standard InChI is InChI=1S/C14H14BrNO2/c1-3-17-11-4-6-12(7-5-11)18-14-13(15)8-10(2)9-16-14/h4-9H,3H2,1-2H3. The molecule has 1 heterocycles. The van der Waals surface area contributed by atoms with Crippen LogP contribution >= 0.6 is 15.9 Å². The van der Waals surface area contributed by atoms with Gasteiger partial charge in [0.05, 0.1) is 11.1 Å². The van der Waals surface area contributed by atoms with Gasteiger partial charge in [-0.25, -0.2) is 4.98 Å². The molecule has 0 amide bonds. The smallest absolute Gasteiger partial charge is 0.233 e. The van der Waals surface area contributed by atoms with Gasteiger partial charge in [0.25, 0.3) is 0 Å². The second-order valence-corrected chi connectivity index (χ2v) is 4.66. The summed E-state index contributed by atoms with van der Waals surface area (Å²) in [6.07, 6.45) is 1.77. The second kappa shape index (κ2) is 5.87. The zero-order valence-electron chi connectivity index (χ0n) is 10.3. The third-order valence-electron chi connectivity index (χ3n) is 2.29. The number of hydrogen-bond acceptors (Lipinski definition) is 3. The van der Waals surface area contributed by atoms with Crippen LogP contribution in [0.4, 0.5) is 0 Å². The highest BCUT2D eigenvalue weighted by Crippen LogP contribution is 2.28. The lowest BCUT2D eigenvalue weighted by Gasteiger charge is -2.08. The first-order chi connectivity index (χ1) is 8.69. The fraction of sp³-hybridized carbons (Fsp3) is 0.214. The molecule has 0 aliphatic carbocycles. The van der Waals surface area contributed by atoms with Gasteiger partial charge in [-0.2, -0.15) is 0 Å². The second-order valence-electron chi connectivity index (χ2n) is 3.81. The zero-order valence-corrected chi connectivity index (χ0v) is 11.9. The molecule has 2 aromatic rings. The molecule has 0 spiro atoms. The Kier molecular flexibility index (Phi) is 4.20. The van der Waals surface area contributed by atoms with Crippen molar-refractivity contribution in [1.29, 1.82) is 0 Å². The first kappa shape index (κ1) is 12.9. The minimum Gasteiger partial charge on any atom is -0.494 e. The summed E-state index contributed by atoms with van der Waals surface area (Å²) in [5.74, 6) is 2.13. The third kappa shape index (κ3) is 3.23. The van der Waals surface area contributed by atoms with Gasteiger partial charge in [0.1, 0.15) is 11.5 Å². The van der Waals surface area contributed by atoms with Crippen molar-refractivity contribution in [2.24, 2.45) is 0 Å². The average Bonchev–Trinajstić information content (AvgIpc) is 2.35. The van der Waals surface area contributed by atoms with E-state index in [1.807, 2.05) is 44.2 Å². The summed E-state index contributed by atoms with van der Waals surface area (Å²) in [5, 5.41) is 0. The molecule has 3 nitrogen and oxygen atoms in total. The van der Waals surface area contributed by atoms with Crippen LogP contribution in [-0.2, 0) is 0 Å². The molecule has 0 bridgehead atoms. The van der Waals surface area contributed by atoms with E-state index < -0.39 is 0 Å². The summed E-state index contributed by atoms with van der Waals surface area (Å²) in [6.45, 7) is 4.60. The Bertz CT molecular complexity index is 526. The highest BCUT2D eigenvalue weighted by atomic mass is 79.9. The number of ether oxygens (including phenoxy) is 2. The van der Waals surface area contributed by atoms with E-state index in [0.29, 0.717) is 12.5 Å². The molecule has 1 aromatic carbocycles. The Morgan fingerprint density at radius 1 is 1.17 bits per heavy atom. The van der Waals surface area contributed by atoms with Crippen molar-refractivity contribution < 1.29 is 9.47 Å². The van der Waals surface area contributed by atoms with Crippen LogP contribution in [-0.4, -0.2) is 11.6 Å². The van der Waals surface area contributed by atoms with Gasteiger partial charge >= 0.3 is 0 Å². The number of pyridine rings is 1. The molecule has 0 atom stereocenters. The minimum absolute atomic E-state index is 0.560. The van der Waals surface area contributed by atoms with Gasteiger partial charge in [0.15, 0.2) is 0 Å². The van der Waals surface area contributed by atoms with Gasteiger partial charge in [-0.05, 0) is 65.7 Å². The highest BCUT2D eigenvalue weighted by molar-refractivity contribution is 9.10. The fourth-order valence-electron chi connectivity index (χ4n) is 1.48. The number of aryl methyl sites for hydroxylation is 1. The van der Waals surface area contributed by atoms with Gasteiger partial charge in [0.2, 0.25) is 5.88 Å². The van der Waals surface area contributed by atoms with Gasteiger partial charge < -0.3 is 9.47 Å². The Morgan fingerprint density at radius 3 is 2.44 bits per heavy atom. The van der Waals surface area contributed by atoms with Crippen molar-refractivity contribution in [2.75, 3.05) is 6.61 Å². The lowest BCUT2D eigenvalue weighted by Crippen LogP contribution is -1.92. The van der Waals surface area contributed by atoms with Crippen LogP contribution < -0.4 is 9.47 Å². The van der Waals surface area contributed by atoms with Crippen molar-refractivity contribution in [1.82, 2.24) is 4.98 Å². The maximum absolute atomic E-state index is 5.68. The molecule has 0 saturated carbocycles. The predicted octanol–water partition coefficient (Wildman–Crippen LogP) is 4.34. The Hall–Kier alpha value is -1.55. The molecule has 1 aromatic heterocycles. The summed E-state index contributed by atoms with van der Waals surface area (Å²) in [5.41, 5.74) is 1.08. The molecule has 0 saturated heterocycles. The number of benzene rings is 1. The lowest BCUT2D eigenvalue weighted by atomic mass is 10.3. The van der Waals surface area contributed by atoms with Crippen LogP contribution in [0, 0.1) is 6.92 Å². The Morgan fingerprint density at radius 2 is 1.83 bits per heavy atom. The molecule has 0 unspecified atom stereocenters. The van der Waals surface area contributed by atoms with E-state index >= 15 is 0 Å². The monoisotopic (exact) mass is 307 g/mol. The maximum Gasteiger partial charge on any atom is 0.233 e. The molecule has 0 N–H and O–H groups in total. The average molecular weight is 308 g/mol. The fourth-order valence-corrected chi connectivity index (χ4v) is 2.02. The van der Waals surface area contributed by atoms with Gasteiger partial charge in [0, 0.05) is 6.20 Å². The van der Waals surface area contributed by atoms with Crippen LogP contribution in [0.1, 0.15) is 12.5 Å². The SMILES string of the molecule is CCOc1ccc(Oc2ncc(C)cc2Br)cc1. The summed E-state index contributed by atoms with van der Waals surface area (Å²) in [6, 6.07) is 9.44. The molecule has 94 valence electrons. The normalized spacial score (nSPS) is 10.2. The number of aromatic nitrogens is 1. The third-order valence-corrected chi connectivity index (χ3v) is 2.86. The van der Waals surface area contributed by atoms with Crippen molar-refractivity contribution in [2.45, 2.75) is 13.8 Å². The summed E-state index contributed by atoms with van der Waals surface area (Å²) in [4.78, 5) is 4.23. The molecule has 18 heavy (non-hydrogen) atoms. The predicted molar refractivity (Wildman–Crippen MR) is 74.4 cm³/mol. The van der Waals surface area contributed by atoms with Crippen molar-refractivity contribution in [3.8, 4) is 17.4 Å². The number of nitrogens with zero attached hydrogens (tertiary/aromatic N) is 1. The number of rotatable bonds is 4. The topological polar surface area (TPSA) is 31.4 Å². The highest BCUT2D eigenvalue weighted by Gasteiger charge is 2.04. The van der Waals surface area contributed by atoms with Gasteiger partial charge in [-0.1, -0.05) is 0 Å². The lowest BCUT2D eigenvalue weighted by molar-refractivity contribution is 0.339. The van der Waals surface area contributed by atoms with Gasteiger partial charge in [-0.15, -0.1) is 0 Å². The summed E-state index contributed by atoms with van der Waals surface area (Å²) in [7, 11) is 0. The molecule has 2 rings (SSSR count). The minimum atomic E-state index is 0.560. The summed E-state index contributed by atoms with van der Waals surface area (Å²) < 4.78 is 11.9. The van der Waals surface area contributed by atoms with E-state index in [2.05, 4.69) is 20.9 Å². The zero-order chi connectivity index (χ0) is 13.0. The van der Waals surface area contributed by atoms with Gasteiger partial charge in [-0.3, -0.25) is 0 Å². The largest absolute Gasteiger partial charge is 0.494 e. The Balaban J connectivity index is 2.13. The molecular formula is C14H14BrNO2. The molecule has 4 heteroatoms. The van der Waals surface area contributed by atoms with Crippen LogP contribution in [0.25, 0.3) is 0 Å². The molecule has 0 radical (unpaired) electrons. The molecule has 0 aliphatic heterocycles. The molecule has 0 fully saturated rings. The van der Waals surface area contributed by atoms with Crippen LogP contribution in [0.15, 0.2) is 41.0 Å². The van der Waals surface area contributed by atoms with E-state index in [1.54, 1.807) is 6.20 Å². The van der Waals surface area contributed by atoms with Crippen LogP contribution in [0.3, 0.4) is 0 Å². The van der Waals surface area contributed by atoms with Crippen molar-refractivity contribution in [3.63, 3.8) is 0 Å².